The van der Waals surface area contributed by atoms with Crippen molar-refractivity contribution >= 4 is 15.6 Å². The van der Waals surface area contributed by atoms with Crippen molar-refractivity contribution in [2.45, 2.75) is 26.7 Å². The molecule has 6 N–H and O–H groups in total. The van der Waals surface area contributed by atoms with E-state index in [-0.39, 0.29) is 0 Å². The van der Waals surface area contributed by atoms with E-state index in [2.05, 4.69) is 13.8 Å². The first-order chi connectivity index (χ1) is 8.91. The van der Waals surface area contributed by atoms with E-state index in [4.69, 9.17) is 38.5 Å². The van der Waals surface area contributed by atoms with Gasteiger partial charge in [-0.2, -0.15) is 0 Å². The summed E-state index contributed by atoms with van der Waals surface area (Å²) in [6.07, 6.45) is 2.64. The van der Waals surface area contributed by atoms with Crippen molar-refractivity contribution < 1.29 is 38.5 Å². The minimum Gasteiger partial charge on any atom is -0.303 e. The number of phosphoric acid groups is 2. The first-order valence-electron chi connectivity index (χ1n) is 5.48. The topological polar surface area (TPSA) is 156 Å². The summed E-state index contributed by atoms with van der Waals surface area (Å²) < 4.78 is 17.8. The van der Waals surface area contributed by atoms with Gasteiger partial charge in [-0.15, -0.1) is 0 Å². The number of hydrogen-bond donors (Lipinski definition) is 6. The molecule has 0 spiro atoms. The summed E-state index contributed by atoms with van der Waals surface area (Å²) in [5.74, 6) is 0. The fraction of sp³-hybridized carbons (Fsp3) is 0.400. The Labute approximate surface area is 118 Å². The van der Waals surface area contributed by atoms with Crippen molar-refractivity contribution in [2.24, 2.45) is 0 Å². The molecule has 0 fully saturated rings. The first-order valence-corrected chi connectivity index (χ1v) is 8.61. The quantitative estimate of drug-likeness (QED) is 0.424. The van der Waals surface area contributed by atoms with E-state index in [0.717, 1.165) is 0 Å². The molecule has 1 aromatic rings. The van der Waals surface area contributed by atoms with Gasteiger partial charge in [-0.05, 0) is 0 Å². The van der Waals surface area contributed by atoms with Crippen LogP contribution in [0.15, 0.2) is 36.4 Å². The van der Waals surface area contributed by atoms with E-state index in [0.29, 0.717) is 0 Å². The highest BCUT2D eigenvalue weighted by atomic mass is 31.2. The molecule has 0 unspecified atom stereocenters. The van der Waals surface area contributed by atoms with Crippen LogP contribution in [0.25, 0.3) is 0 Å². The molecule has 0 amide bonds. The molecule has 10 heteroatoms. The van der Waals surface area contributed by atoms with Crippen LogP contribution in [0.2, 0.25) is 0 Å². The molecule has 0 bridgehead atoms. The molecule has 0 aliphatic rings. The van der Waals surface area contributed by atoms with Gasteiger partial charge in [0.05, 0.1) is 0 Å². The van der Waals surface area contributed by atoms with Gasteiger partial charge in [-0.25, -0.2) is 9.13 Å². The lowest BCUT2D eigenvalue weighted by Crippen LogP contribution is -1.66. The van der Waals surface area contributed by atoms with Gasteiger partial charge in [0.25, 0.3) is 0 Å². The maximum Gasteiger partial charge on any atom is 0.466 e. The standard InChI is InChI=1S/C6H6.C4H10.2H3O4P/c1-2-4-6-5-3-1;1-3-4-2;2*1-5(2,3)4/h1-6H;3-4H2,1-2H3;2*(H3,1,2,3,4). The second-order valence-electron chi connectivity index (χ2n) is 3.18. The minimum absolute atomic E-state index is 1.32. The van der Waals surface area contributed by atoms with Crippen molar-refractivity contribution in [3.63, 3.8) is 0 Å². The Hall–Kier alpha value is -0.560. The number of hydrogen-bond acceptors (Lipinski definition) is 2. The van der Waals surface area contributed by atoms with Gasteiger partial charge in [-0.1, -0.05) is 63.1 Å². The normalized spacial score (nSPS) is 9.80. The molecule has 20 heavy (non-hydrogen) atoms. The van der Waals surface area contributed by atoms with Crippen molar-refractivity contribution in [3.05, 3.63) is 36.4 Å². The molecule has 8 nitrogen and oxygen atoms in total. The molecule has 1 aromatic carbocycles. The predicted octanol–water partition coefficient (Wildman–Crippen LogP) is 1.64. The van der Waals surface area contributed by atoms with Crippen molar-refractivity contribution in [3.8, 4) is 0 Å². The Bertz CT molecular complexity index is 307. The summed E-state index contributed by atoms with van der Waals surface area (Å²) in [6, 6.07) is 12.0. The van der Waals surface area contributed by atoms with E-state index in [1.165, 1.54) is 12.8 Å². The Morgan fingerprint density at radius 2 is 0.700 bits per heavy atom. The SMILES string of the molecule is CCCC.O=P(O)(O)O.O=P(O)(O)O.c1ccccc1. The minimum atomic E-state index is -4.64. The highest BCUT2D eigenvalue weighted by molar-refractivity contribution is 7.45. The van der Waals surface area contributed by atoms with Crippen LogP contribution in [0.5, 0.6) is 0 Å². The average Bonchev–Trinajstić information content (AvgIpc) is 2.27. The summed E-state index contributed by atoms with van der Waals surface area (Å²) in [5.41, 5.74) is 0. The van der Waals surface area contributed by atoms with Crippen molar-refractivity contribution in [1.82, 2.24) is 0 Å². The number of benzene rings is 1. The van der Waals surface area contributed by atoms with Crippen LogP contribution in [-0.2, 0) is 9.13 Å². The maximum atomic E-state index is 8.88. The molecule has 0 saturated carbocycles. The molecule has 0 atom stereocenters. The van der Waals surface area contributed by atoms with Crippen molar-refractivity contribution in [1.29, 1.82) is 0 Å². The van der Waals surface area contributed by atoms with Crippen LogP contribution in [0, 0.1) is 0 Å². The summed E-state index contributed by atoms with van der Waals surface area (Å²) in [6.45, 7) is 4.36. The van der Waals surface area contributed by atoms with Gasteiger partial charge in [-0.3, -0.25) is 0 Å². The van der Waals surface area contributed by atoms with E-state index < -0.39 is 15.6 Å². The largest absolute Gasteiger partial charge is 0.466 e. The molecule has 120 valence electrons. The molecule has 0 aliphatic carbocycles. The second-order valence-corrected chi connectivity index (χ2v) is 5.23. The van der Waals surface area contributed by atoms with Gasteiger partial charge < -0.3 is 29.4 Å². The smallest absolute Gasteiger partial charge is 0.303 e. The monoisotopic (exact) mass is 332 g/mol. The summed E-state index contributed by atoms with van der Waals surface area (Å²) in [7, 11) is -9.28. The third-order valence-electron chi connectivity index (χ3n) is 1.17. The molecular weight excluding hydrogens is 310 g/mol. The fourth-order valence-electron chi connectivity index (χ4n) is 0.385. The van der Waals surface area contributed by atoms with E-state index in [1.54, 1.807) is 0 Å². The van der Waals surface area contributed by atoms with E-state index in [9.17, 15) is 0 Å². The Morgan fingerprint density at radius 3 is 0.750 bits per heavy atom. The summed E-state index contributed by atoms with van der Waals surface area (Å²) in [4.78, 5) is 43.1. The summed E-state index contributed by atoms with van der Waals surface area (Å²) in [5, 5.41) is 0. The van der Waals surface area contributed by atoms with Gasteiger partial charge in [0.15, 0.2) is 0 Å². The lowest BCUT2D eigenvalue weighted by Gasteiger charge is -1.82. The third-order valence-corrected chi connectivity index (χ3v) is 1.17. The van der Waals surface area contributed by atoms with Crippen LogP contribution in [-0.4, -0.2) is 29.4 Å². The molecular formula is C10H22O8P2. The maximum absolute atomic E-state index is 8.88. The van der Waals surface area contributed by atoms with Crippen LogP contribution in [0.4, 0.5) is 0 Å². The van der Waals surface area contributed by atoms with Crippen LogP contribution in [0.3, 0.4) is 0 Å². The zero-order valence-corrected chi connectivity index (χ0v) is 13.1. The Balaban J connectivity index is -0.000000195. The van der Waals surface area contributed by atoms with Crippen LogP contribution >= 0.6 is 15.6 Å². The second kappa shape index (κ2) is 14.8. The molecule has 0 aromatic heterocycles. The number of unbranched alkanes of at least 4 members (excludes halogenated alkanes) is 1. The third kappa shape index (κ3) is 114. The highest BCUT2D eigenvalue weighted by Crippen LogP contribution is 2.26. The highest BCUT2D eigenvalue weighted by Gasteiger charge is 2.00. The zero-order valence-electron chi connectivity index (χ0n) is 11.3. The molecule has 0 aliphatic heterocycles. The molecule has 0 radical (unpaired) electrons. The van der Waals surface area contributed by atoms with E-state index >= 15 is 0 Å². The Morgan fingerprint density at radius 1 is 0.600 bits per heavy atom. The van der Waals surface area contributed by atoms with Gasteiger partial charge in [0, 0.05) is 0 Å². The Kier molecular flexibility index (Phi) is 18.1. The lowest BCUT2D eigenvalue weighted by atomic mass is 10.4. The zero-order chi connectivity index (χ0) is 16.7. The molecule has 1 rings (SSSR count). The molecule has 0 saturated heterocycles. The van der Waals surface area contributed by atoms with E-state index in [1.807, 2.05) is 36.4 Å². The van der Waals surface area contributed by atoms with Crippen LogP contribution < -0.4 is 0 Å². The summed E-state index contributed by atoms with van der Waals surface area (Å²) >= 11 is 0. The lowest BCUT2D eigenvalue weighted by molar-refractivity contribution is 0.272. The predicted molar refractivity (Wildman–Crippen MR) is 75.5 cm³/mol. The first kappa shape index (κ1) is 24.5. The van der Waals surface area contributed by atoms with Crippen LogP contribution in [0.1, 0.15) is 26.7 Å². The van der Waals surface area contributed by atoms with Gasteiger partial charge in [0.1, 0.15) is 0 Å². The molecule has 0 heterocycles. The fourth-order valence-corrected chi connectivity index (χ4v) is 0.385. The average molecular weight is 332 g/mol. The van der Waals surface area contributed by atoms with Crippen molar-refractivity contribution in [2.75, 3.05) is 0 Å². The van der Waals surface area contributed by atoms with Gasteiger partial charge >= 0.3 is 15.6 Å². The number of rotatable bonds is 1. The van der Waals surface area contributed by atoms with Gasteiger partial charge in [0.2, 0.25) is 0 Å².